The summed E-state index contributed by atoms with van der Waals surface area (Å²) in [5, 5.41) is 0. The van der Waals surface area contributed by atoms with Crippen molar-refractivity contribution in [3.63, 3.8) is 0 Å². The maximum atomic E-state index is 12.5. The van der Waals surface area contributed by atoms with Gasteiger partial charge in [-0.15, -0.1) is 0 Å². The van der Waals surface area contributed by atoms with Crippen LogP contribution in [0.25, 0.3) is 0 Å². The minimum Gasteiger partial charge on any atom is -0.497 e. The lowest BCUT2D eigenvalue weighted by Gasteiger charge is -2.33. The Morgan fingerprint density at radius 2 is 1.38 bits per heavy atom. The van der Waals surface area contributed by atoms with Gasteiger partial charge in [-0.2, -0.15) is 0 Å². The minimum absolute atomic E-state index is 0.0932. The predicted molar refractivity (Wildman–Crippen MR) is 90.6 cm³/mol. The van der Waals surface area contributed by atoms with E-state index in [2.05, 4.69) is 0 Å². The van der Waals surface area contributed by atoms with Gasteiger partial charge in [-0.3, -0.25) is 19.2 Å². The molecular formula is C19H22O7. The van der Waals surface area contributed by atoms with E-state index in [0.717, 1.165) is 0 Å². The van der Waals surface area contributed by atoms with Crippen LogP contribution in [-0.4, -0.2) is 43.8 Å². The second-order valence-corrected chi connectivity index (χ2v) is 5.87. The molecule has 1 aliphatic rings. The Labute approximate surface area is 151 Å². The summed E-state index contributed by atoms with van der Waals surface area (Å²) >= 11 is 0. The van der Waals surface area contributed by atoms with E-state index < -0.39 is 47.7 Å². The average molecular weight is 362 g/mol. The third kappa shape index (κ3) is 3.92. The Morgan fingerprint density at radius 3 is 1.77 bits per heavy atom. The molecule has 2 rings (SSSR count). The molecule has 1 unspecified atom stereocenters. The van der Waals surface area contributed by atoms with Crippen LogP contribution in [0.2, 0.25) is 0 Å². The highest BCUT2D eigenvalue weighted by Gasteiger charge is 2.52. The Morgan fingerprint density at radius 1 is 0.923 bits per heavy atom. The standard InChI is InChI=1S/C19H22O7/c1-4-25-18(22)16-13(20)10-14(21)17(19(23)26-5-2)15(16)11-6-8-12(24-3)9-7-11/h6-9,15-17H,4-5,10H2,1-3H3/t15?,16-,17+. The molecule has 0 amide bonds. The van der Waals surface area contributed by atoms with E-state index in [9.17, 15) is 19.2 Å². The number of methoxy groups -OCH3 is 1. The van der Waals surface area contributed by atoms with Crippen molar-refractivity contribution >= 4 is 23.5 Å². The maximum Gasteiger partial charge on any atom is 0.317 e. The van der Waals surface area contributed by atoms with Crippen LogP contribution < -0.4 is 4.74 Å². The highest BCUT2D eigenvalue weighted by Crippen LogP contribution is 2.40. The summed E-state index contributed by atoms with van der Waals surface area (Å²) in [5.41, 5.74) is 0.503. The number of carbonyl (C=O) groups excluding carboxylic acids is 4. The lowest BCUT2D eigenvalue weighted by molar-refractivity contribution is -0.161. The zero-order valence-electron chi connectivity index (χ0n) is 15.0. The van der Waals surface area contributed by atoms with Crippen molar-refractivity contribution in [2.24, 2.45) is 11.8 Å². The lowest BCUT2D eigenvalue weighted by Crippen LogP contribution is -2.47. The van der Waals surface area contributed by atoms with Gasteiger partial charge in [0.05, 0.1) is 26.7 Å². The summed E-state index contributed by atoms with van der Waals surface area (Å²) in [6.45, 7) is 3.44. The fraction of sp³-hybridized carbons (Fsp3) is 0.474. The molecule has 0 bridgehead atoms. The minimum atomic E-state index is -1.23. The Balaban J connectivity index is 2.53. The Hall–Kier alpha value is -2.70. The largest absolute Gasteiger partial charge is 0.497 e. The molecule has 0 heterocycles. The molecule has 1 fully saturated rings. The van der Waals surface area contributed by atoms with Gasteiger partial charge in [0.1, 0.15) is 17.6 Å². The molecular weight excluding hydrogens is 340 g/mol. The van der Waals surface area contributed by atoms with Crippen molar-refractivity contribution in [1.82, 2.24) is 0 Å². The van der Waals surface area contributed by atoms with Crippen LogP contribution in [-0.2, 0) is 28.7 Å². The van der Waals surface area contributed by atoms with E-state index >= 15 is 0 Å². The smallest absolute Gasteiger partial charge is 0.317 e. The second-order valence-electron chi connectivity index (χ2n) is 5.87. The summed E-state index contributed by atoms with van der Waals surface area (Å²) in [7, 11) is 1.51. The van der Waals surface area contributed by atoms with Gasteiger partial charge in [-0.25, -0.2) is 0 Å². The molecule has 140 valence electrons. The third-order valence-corrected chi connectivity index (χ3v) is 4.34. The number of Topliss-reactive ketones (excluding diaryl/α,β-unsaturated/α-hetero) is 2. The SMILES string of the molecule is CCOC(=O)[C@H]1C(=O)CC(=O)[C@@H](C(=O)OCC)C1c1ccc(OC)cc1. The normalized spacial score (nSPS) is 22.7. The zero-order valence-corrected chi connectivity index (χ0v) is 15.0. The summed E-state index contributed by atoms with van der Waals surface area (Å²) < 4.78 is 15.2. The molecule has 1 aromatic rings. The molecule has 0 saturated heterocycles. The van der Waals surface area contributed by atoms with Gasteiger partial charge < -0.3 is 14.2 Å². The number of rotatable bonds is 6. The van der Waals surface area contributed by atoms with Gasteiger partial charge in [0.15, 0.2) is 11.6 Å². The van der Waals surface area contributed by atoms with E-state index in [1.165, 1.54) is 7.11 Å². The highest BCUT2D eigenvalue weighted by atomic mass is 16.5. The number of benzene rings is 1. The van der Waals surface area contributed by atoms with Crippen LogP contribution in [0, 0.1) is 11.8 Å². The van der Waals surface area contributed by atoms with Gasteiger partial charge in [0, 0.05) is 5.92 Å². The summed E-state index contributed by atoms with van der Waals surface area (Å²) in [4.78, 5) is 49.7. The van der Waals surface area contributed by atoms with Crippen molar-refractivity contribution in [1.29, 1.82) is 0 Å². The van der Waals surface area contributed by atoms with Gasteiger partial charge in [0.2, 0.25) is 0 Å². The molecule has 3 atom stereocenters. The maximum absolute atomic E-state index is 12.5. The zero-order chi connectivity index (χ0) is 19.3. The molecule has 1 aliphatic carbocycles. The molecule has 1 aromatic carbocycles. The first-order valence-corrected chi connectivity index (χ1v) is 8.47. The topological polar surface area (TPSA) is 96.0 Å². The monoisotopic (exact) mass is 362 g/mol. The van der Waals surface area contributed by atoms with Gasteiger partial charge in [-0.1, -0.05) is 12.1 Å². The molecule has 0 aromatic heterocycles. The van der Waals surface area contributed by atoms with E-state index in [0.29, 0.717) is 11.3 Å². The van der Waals surface area contributed by atoms with Crippen LogP contribution >= 0.6 is 0 Å². The first-order chi connectivity index (χ1) is 12.4. The molecule has 0 spiro atoms. The van der Waals surface area contributed by atoms with Gasteiger partial charge >= 0.3 is 11.9 Å². The average Bonchev–Trinajstić information content (AvgIpc) is 2.61. The van der Waals surface area contributed by atoms with Crippen molar-refractivity contribution < 1.29 is 33.4 Å². The third-order valence-electron chi connectivity index (χ3n) is 4.34. The van der Waals surface area contributed by atoms with E-state index in [4.69, 9.17) is 14.2 Å². The Bertz CT molecular complexity index is 656. The second kappa shape index (κ2) is 8.60. The highest BCUT2D eigenvalue weighted by molar-refractivity contribution is 6.16. The van der Waals surface area contributed by atoms with Crippen LogP contribution in [0.15, 0.2) is 24.3 Å². The summed E-state index contributed by atoms with van der Waals surface area (Å²) in [6.07, 6.45) is -0.486. The van der Waals surface area contributed by atoms with Crippen LogP contribution in [0.4, 0.5) is 0 Å². The van der Waals surface area contributed by atoms with Crippen LogP contribution in [0.1, 0.15) is 31.7 Å². The first kappa shape index (κ1) is 19.6. The fourth-order valence-corrected chi connectivity index (χ4v) is 3.22. The first-order valence-electron chi connectivity index (χ1n) is 8.47. The number of ketones is 2. The molecule has 26 heavy (non-hydrogen) atoms. The van der Waals surface area contributed by atoms with Crippen molar-refractivity contribution in [2.75, 3.05) is 20.3 Å². The fourth-order valence-electron chi connectivity index (χ4n) is 3.22. The predicted octanol–water partition coefficient (Wildman–Crippen LogP) is 1.68. The van der Waals surface area contributed by atoms with Crippen molar-refractivity contribution in [3.8, 4) is 5.75 Å². The number of esters is 2. The molecule has 1 saturated carbocycles. The molecule has 7 nitrogen and oxygen atoms in total. The van der Waals surface area contributed by atoms with E-state index in [1.807, 2.05) is 0 Å². The number of hydrogen-bond acceptors (Lipinski definition) is 7. The molecule has 0 radical (unpaired) electrons. The van der Waals surface area contributed by atoms with Crippen molar-refractivity contribution in [2.45, 2.75) is 26.2 Å². The summed E-state index contributed by atoms with van der Waals surface area (Å²) in [5.74, 6) is -5.41. The van der Waals surface area contributed by atoms with Crippen molar-refractivity contribution in [3.05, 3.63) is 29.8 Å². The van der Waals surface area contributed by atoms with Crippen LogP contribution in [0.3, 0.4) is 0 Å². The van der Waals surface area contributed by atoms with Gasteiger partial charge in [0.25, 0.3) is 0 Å². The van der Waals surface area contributed by atoms with Gasteiger partial charge in [-0.05, 0) is 31.5 Å². The Kier molecular flexibility index (Phi) is 6.49. The molecule has 0 N–H and O–H groups in total. The molecule has 0 aliphatic heterocycles. The van der Waals surface area contributed by atoms with Crippen LogP contribution in [0.5, 0.6) is 5.75 Å². The number of carbonyl (C=O) groups is 4. The number of hydrogen-bond donors (Lipinski definition) is 0. The van der Waals surface area contributed by atoms with E-state index in [-0.39, 0.29) is 13.2 Å². The molecule has 7 heteroatoms. The van der Waals surface area contributed by atoms with E-state index in [1.54, 1.807) is 38.1 Å². The quantitative estimate of drug-likeness (QED) is 0.561. The lowest BCUT2D eigenvalue weighted by atomic mass is 9.67. The number of ether oxygens (including phenoxy) is 3. The summed E-state index contributed by atoms with van der Waals surface area (Å²) in [6, 6.07) is 6.55.